The molecule has 6 heteroatoms. The van der Waals surface area contributed by atoms with Crippen LogP contribution < -0.4 is 0 Å². The van der Waals surface area contributed by atoms with Crippen molar-refractivity contribution < 1.29 is 18.6 Å². The van der Waals surface area contributed by atoms with Crippen LogP contribution in [0.3, 0.4) is 0 Å². The molecule has 0 aliphatic heterocycles. The number of hydrogen-bond donors (Lipinski definition) is 2. The summed E-state index contributed by atoms with van der Waals surface area (Å²) in [7, 11) is -3.41. The third-order valence-corrected chi connectivity index (χ3v) is 4.04. The Balaban J connectivity index is 3.14. The number of aliphatic hydroxyl groups excluding tert-OH is 2. The van der Waals surface area contributed by atoms with Crippen molar-refractivity contribution in [2.75, 3.05) is 11.6 Å². The van der Waals surface area contributed by atoms with E-state index < -0.39 is 22.0 Å². The molecule has 0 aliphatic rings. The Morgan fingerprint density at radius 2 is 1.88 bits per heavy atom. The van der Waals surface area contributed by atoms with Gasteiger partial charge in [0, 0.05) is 17.1 Å². The number of aliphatic hydroxyl groups is 2. The van der Waals surface area contributed by atoms with Crippen molar-refractivity contribution >= 4 is 25.8 Å². The molecule has 0 amide bonds. The molecule has 2 atom stereocenters. The van der Waals surface area contributed by atoms with E-state index in [0.29, 0.717) is 11.8 Å². The SMILES string of the molecule is CS(=O)(=O)c1ccccc1C(O)C(O)CCBr. The summed E-state index contributed by atoms with van der Waals surface area (Å²) in [5.41, 5.74) is 0.239. The van der Waals surface area contributed by atoms with E-state index in [0.717, 1.165) is 6.26 Å². The highest BCUT2D eigenvalue weighted by molar-refractivity contribution is 9.09. The largest absolute Gasteiger partial charge is 0.390 e. The number of alkyl halides is 1. The highest BCUT2D eigenvalue weighted by Gasteiger charge is 2.23. The van der Waals surface area contributed by atoms with Crippen molar-refractivity contribution in [1.29, 1.82) is 0 Å². The van der Waals surface area contributed by atoms with Gasteiger partial charge in [-0.15, -0.1) is 0 Å². The van der Waals surface area contributed by atoms with Crippen LogP contribution in [-0.2, 0) is 9.84 Å². The third kappa shape index (κ3) is 3.77. The molecule has 2 N–H and O–H groups in total. The fourth-order valence-corrected chi connectivity index (χ4v) is 2.95. The summed E-state index contributed by atoms with van der Waals surface area (Å²) in [5.74, 6) is 0. The van der Waals surface area contributed by atoms with Crippen LogP contribution in [0.25, 0.3) is 0 Å². The summed E-state index contributed by atoms with van der Waals surface area (Å²) >= 11 is 3.16. The van der Waals surface area contributed by atoms with E-state index in [1.807, 2.05) is 0 Å². The minimum Gasteiger partial charge on any atom is -0.390 e. The summed E-state index contributed by atoms with van der Waals surface area (Å²) < 4.78 is 23.1. The smallest absolute Gasteiger partial charge is 0.175 e. The first-order valence-electron chi connectivity index (χ1n) is 5.09. The Kier molecular flexibility index (Phi) is 5.12. The van der Waals surface area contributed by atoms with Gasteiger partial charge in [0.25, 0.3) is 0 Å². The van der Waals surface area contributed by atoms with Crippen LogP contribution in [0.15, 0.2) is 29.2 Å². The summed E-state index contributed by atoms with van der Waals surface area (Å²) in [6, 6.07) is 6.16. The summed E-state index contributed by atoms with van der Waals surface area (Å²) in [5, 5.41) is 20.1. The molecule has 0 radical (unpaired) electrons. The van der Waals surface area contributed by atoms with Gasteiger partial charge in [0.05, 0.1) is 11.0 Å². The first-order valence-corrected chi connectivity index (χ1v) is 8.10. The highest BCUT2D eigenvalue weighted by atomic mass is 79.9. The van der Waals surface area contributed by atoms with Crippen LogP contribution in [0.5, 0.6) is 0 Å². The fourth-order valence-electron chi connectivity index (χ4n) is 1.54. The Bertz CT molecular complexity index is 472. The Labute approximate surface area is 109 Å². The Morgan fingerprint density at radius 3 is 2.41 bits per heavy atom. The lowest BCUT2D eigenvalue weighted by molar-refractivity contribution is 0.0157. The Morgan fingerprint density at radius 1 is 1.29 bits per heavy atom. The molecule has 4 nitrogen and oxygen atoms in total. The van der Waals surface area contributed by atoms with Crippen LogP contribution in [0.1, 0.15) is 18.1 Å². The van der Waals surface area contributed by atoms with E-state index in [1.165, 1.54) is 12.1 Å². The van der Waals surface area contributed by atoms with Crippen molar-refractivity contribution in [3.05, 3.63) is 29.8 Å². The zero-order chi connectivity index (χ0) is 13.1. The molecule has 0 aliphatic carbocycles. The summed E-state index contributed by atoms with van der Waals surface area (Å²) in [6.07, 6.45) is -0.759. The van der Waals surface area contributed by atoms with Crippen molar-refractivity contribution in [2.24, 2.45) is 0 Å². The number of rotatable bonds is 5. The number of hydrogen-bond acceptors (Lipinski definition) is 4. The molecule has 0 saturated carbocycles. The maximum absolute atomic E-state index is 11.5. The summed E-state index contributed by atoms with van der Waals surface area (Å²) in [4.78, 5) is 0.0566. The zero-order valence-corrected chi connectivity index (χ0v) is 11.8. The maximum Gasteiger partial charge on any atom is 0.175 e. The minimum atomic E-state index is -3.41. The van der Waals surface area contributed by atoms with Crippen molar-refractivity contribution in [1.82, 2.24) is 0 Å². The molecule has 0 saturated heterocycles. The van der Waals surface area contributed by atoms with Gasteiger partial charge in [-0.25, -0.2) is 8.42 Å². The number of halogens is 1. The van der Waals surface area contributed by atoms with Crippen molar-refractivity contribution in [3.63, 3.8) is 0 Å². The van der Waals surface area contributed by atoms with Gasteiger partial charge in [-0.3, -0.25) is 0 Å². The van der Waals surface area contributed by atoms with E-state index >= 15 is 0 Å². The van der Waals surface area contributed by atoms with Gasteiger partial charge in [0.1, 0.15) is 6.10 Å². The highest BCUT2D eigenvalue weighted by Crippen LogP contribution is 2.26. The molecule has 0 bridgehead atoms. The lowest BCUT2D eigenvalue weighted by Gasteiger charge is -2.19. The molecule has 0 fully saturated rings. The molecule has 0 heterocycles. The van der Waals surface area contributed by atoms with E-state index in [4.69, 9.17) is 0 Å². The third-order valence-electron chi connectivity index (χ3n) is 2.41. The van der Waals surface area contributed by atoms with E-state index in [-0.39, 0.29) is 10.5 Å². The van der Waals surface area contributed by atoms with E-state index in [2.05, 4.69) is 15.9 Å². The lowest BCUT2D eigenvalue weighted by Crippen LogP contribution is -2.20. The second kappa shape index (κ2) is 5.95. The van der Waals surface area contributed by atoms with Gasteiger partial charge in [-0.2, -0.15) is 0 Å². The summed E-state index contributed by atoms with van der Waals surface area (Å²) in [6.45, 7) is 0. The van der Waals surface area contributed by atoms with Gasteiger partial charge >= 0.3 is 0 Å². The zero-order valence-electron chi connectivity index (χ0n) is 9.38. The van der Waals surface area contributed by atoms with Gasteiger partial charge in [0.2, 0.25) is 0 Å². The molecule has 1 aromatic carbocycles. The molecule has 1 aromatic rings. The molecular weight excluding hydrogens is 308 g/mol. The minimum absolute atomic E-state index is 0.0566. The molecule has 17 heavy (non-hydrogen) atoms. The average Bonchev–Trinajstić information content (AvgIpc) is 2.27. The van der Waals surface area contributed by atoms with Gasteiger partial charge in [-0.05, 0) is 12.5 Å². The quantitative estimate of drug-likeness (QED) is 0.800. The molecule has 96 valence electrons. The van der Waals surface area contributed by atoms with Crippen LogP contribution in [0, 0.1) is 0 Å². The van der Waals surface area contributed by atoms with Crippen LogP contribution in [0.2, 0.25) is 0 Å². The number of sulfone groups is 1. The predicted octanol–water partition coefficient (Wildman–Crippen LogP) is 1.27. The monoisotopic (exact) mass is 322 g/mol. The molecular formula is C11H15BrO4S. The standard InChI is InChI=1S/C11H15BrO4S/c1-17(15,16)10-5-3-2-4-8(10)11(14)9(13)6-7-12/h2-5,9,11,13-14H,6-7H2,1H3. The maximum atomic E-state index is 11.5. The lowest BCUT2D eigenvalue weighted by atomic mass is 10.0. The molecule has 0 aromatic heterocycles. The molecule has 0 spiro atoms. The second-order valence-electron chi connectivity index (χ2n) is 3.80. The Hall–Kier alpha value is -0.430. The van der Waals surface area contributed by atoms with E-state index in [9.17, 15) is 18.6 Å². The van der Waals surface area contributed by atoms with Crippen LogP contribution >= 0.6 is 15.9 Å². The predicted molar refractivity (Wildman–Crippen MR) is 68.9 cm³/mol. The first kappa shape index (κ1) is 14.6. The van der Waals surface area contributed by atoms with E-state index in [1.54, 1.807) is 12.1 Å². The van der Waals surface area contributed by atoms with Crippen molar-refractivity contribution in [3.8, 4) is 0 Å². The van der Waals surface area contributed by atoms with Crippen LogP contribution in [-0.4, -0.2) is 36.3 Å². The van der Waals surface area contributed by atoms with Gasteiger partial charge in [-0.1, -0.05) is 34.1 Å². The second-order valence-corrected chi connectivity index (χ2v) is 6.58. The molecule has 2 unspecified atom stereocenters. The van der Waals surface area contributed by atoms with Gasteiger partial charge in [0.15, 0.2) is 9.84 Å². The number of benzene rings is 1. The first-order chi connectivity index (χ1) is 7.88. The fraction of sp³-hybridized carbons (Fsp3) is 0.455. The average molecular weight is 323 g/mol. The molecule has 1 rings (SSSR count). The topological polar surface area (TPSA) is 74.6 Å². The normalized spacial score (nSPS) is 15.5. The van der Waals surface area contributed by atoms with Crippen LogP contribution in [0.4, 0.5) is 0 Å². The van der Waals surface area contributed by atoms with Crippen molar-refractivity contribution in [2.45, 2.75) is 23.5 Å². The van der Waals surface area contributed by atoms with Gasteiger partial charge < -0.3 is 10.2 Å².